The summed E-state index contributed by atoms with van der Waals surface area (Å²) in [4.78, 5) is 0. The molecule has 1 nitrogen and oxygen atoms in total. The van der Waals surface area contributed by atoms with Gasteiger partial charge in [-0.2, -0.15) is 0 Å². The molecule has 0 spiro atoms. The van der Waals surface area contributed by atoms with E-state index >= 15 is 13.2 Å². The normalized spacial score (nSPS) is 17.5. The molecule has 38 heavy (non-hydrogen) atoms. The highest BCUT2D eigenvalue weighted by molar-refractivity contribution is 5.66. The number of allylic oxidation sites excluding steroid dienone is 1. The summed E-state index contributed by atoms with van der Waals surface area (Å²) in [5, 5.41) is 0. The van der Waals surface area contributed by atoms with Gasteiger partial charge in [-0.05, 0) is 73.3 Å². The monoisotopic (exact) mass is 528 g/mol. The average molecular weight is 529 g/mol. The van der Waals surface area contributed by atoms with E-state index in [1.807, 2.05) is 13.0 Å². The molecule has 0 saturated carbocycles. The van der Waals surface area contributed by atoms with Crippen LogP contribution in [0.15, 0.2) is 55.1 Å². The van der Waals surface area contributed by atoms with Crippen molar-refractivity contribution in [2.24, 2.45) is 0 Å². The molecule has 1 aliphatic rings. The molecule has 0 aromatic heterocycles. The Morgan fingerprint density at radius 3 is 2.18 bits per heavy atom. The minimum absolute atomic E-state index is 0.0754. The maximum Gasteiger partial charge on any atom is 0.167 e. The number of benzene rings is 3. The van der Waals surface area contributed by atoms with E-state index in [4.69, 9.17) is 4.74 Å². The van der Waals surface area contributed by atoms with Crippen molar-refractivity contribution in [3.05, 3.63) is 106 Å². The average Bonchev–Trinajstić information content (AvgIpc) is 2.92. The molecule has 1 aliphatic heterocycles. The van der Waals surface area contributed by atoms with E-state index in [2.05, 4.69) is 6.58 Å². The van der Waals surface area contributed by atoms with Crippen molar-refractivity contribution in [2.75, 3.05) is 6.61 Å². The summed E-state index contributed by atoms with van der Waals surface area (Å²) in [7, 11) is 0. The lowest BCUT2D eigenvalue weighted by molar-refractivity contribution is -0.000881. The van der Waals surface area contributed by atoms with Crippen LogP contribution in [0.4, 0.5) is 22.0 Å². The lowest BCUT2D eigenvalue weighted by Crippen LogP contribution is -2.25. The highest BCUT2D eigenvalue weighted by atomic mass is 19.2. The van der Waals surface area contributed by atoms with E-state index in [9.17, 15) is 8.78 Å². The molecule has 0 N–H and O–H groups in total. The van der Waals surface area contributed by atoms with Gasteiger partial charge in [0.2, 0.25) is 0 Å². The first kappa shape index (κ1) is 28.0. The van der Waals surface area contributed by atoms with E-state index in [0.717, 1.165) is 25.7 Å². The Morgan fingerprint density at radius 1 is 0.816 bits per heavy atom. The Kier molecular flexibility index (Phi) is 9.37. The Hall–Kier alpha value is -2.99. The topological polar surface area (TPSA) is 9.23 Å². The quantitative estimate of drug-likeness (QED) is 0.188. The van der Waals surface area contributed by atoms with Gasteiger partial charge in [-0.15, -0.1) is 6.58 Å². The third-order valence-corrected chi connectivity index (χ3v) is 7.39. The molecule has 6 heteroatoms. The van der Waals surface area contributed by atoms with E-state index in [1.54, 1.807) is 12.1 Å². The van der Waals surface area contributed by atoms with Gasteiger partial charge < -0.3 is 4.74 Å². The molecule has 4 rings (SSSR count). The zero-order valence-corrected chi connectivity index (χ0v) is 21.6. The zero-order valence-electron chi connectivity index (χ0n) is 21.6. The number of hydrogen-bond acceptors (Lipinski definition) is 1. The predicted molar refractivity (Wildman–Crippen MR) is 141 cm³/mol. The maximum absolute atomic E-state index is 15.1. The number of rotatable bonds is 10. The molecule has 0 bridgehead atoms. The largest absolute Gasteiger partial charge is 0.378 e. The van der Waals surface area contributed by atoms with Gasteiger partial charge in [0, 0.05) is 17.0 Å². The van der Waals surface area contributed by atoms with Crippen molar-refractivity contribution in [2.45, 2.75) is 70.3 Å². The van der Waals surface area contributed by atoms with Crippen molar-refractivity contribution in [3.63, 3.8) is 0 Å². The Balaban J connectivity index is 1.48. The van der Waals surface area contributed by atoms with Gasteiger partial charge in [0.1, 0.15) is 5.82 Å². The molecule has 202 valence electrons. The third-order valence-electron chi connectivity index (χ3n) is 7.39. The summed E-state index contributed by atoms with van der Waals surface area (Å²) in [6.07, 6.45) is 6.88. The standard InChI is InChI=1S/C32H33F5O/c1-3-5-7-24-14-12-23(19-38-24)25-16-17-27(32(37)30(25)35)26-15-13-22(29(34)31(26)36)11-9-20-8-10-21(6-4-2)28(33)18-20/h3,8,10,13,15-18,23-24H,1,4-7,9,11-12,14,19H2,2H3. The van der Waals surface area contributed by atoms with Crippen LogP contribution in [0.1, 0.15) is 67.2 Å². The second kappa shape index (κ2) is 12.7. The van der Waals surface area contributed by atoms with Crippen LogP contribution in [0.5, 0.6) is 0 Å². The minimum atomic E-state index is -1.23. The van der Waals surface area contributed by atoms with Gasteiger partial charge in [-0.1, -0.05) is 55.8 Å². The first-order valence-electron chi connectivity index (χ1n) is 13.3. The molecular formula is C32H33F5O. The van der Waals surface area contributed by atoms with Crippen LogP contribution in [0.3, 0.4) is 0 Å². The van der Waals surface area contributed by atoms with Crippen molar-refractivity contribution in [1.29, 1.82) is 0 Å². The number of hydrogen-bond donors (Lipinski definition) is 0. The molecule has 0 aliphatic carbocycles. The molecule has 1 saturated heterocycles. The van der Waals surface area contributed by atoms with E-state index < -0.39 is 23.3 Å². The van der Waals surface area contributed by atoms with Crippen molar-refractivity contribution < 1.29 is 26.7 Å². The number of aryl methyl sites for hydroxylation is 3. The minimum Gasteiger partial charge on any atom is -0.378 e. The Morgan fingerprint density at radius 2 is 1.53 bits per heavy atom. The van der Waals surface area contributed by atoms with Crippen molar-refractivity contribution in [1.82, 2.24) is 0 Å². The van der Waals surface area contributed by atoms with E-state index in [-0.39, 0.29) is 53.1 Å². The molecule has 1 fully saturated rings. The van der Waals surface area contributed by atoms with Crippen molar-refractivity contribution in [3.8, 4) is 11.1 Å². The van der Waals surface area contributed by atoms with Crippen LogP contribution in [0.2, 0.25) is 0 Å². The van der Waals surface area contributed by atoms with Crippen LogP contribution < -0.4 is 0 Å². The van der Waals surface area contributed by atoms with Crippen LogP contribution in [-0.4, -0.2) is 12.7 Å². The molecule has 0 radical (unpaired) electrons. The Bertz CT molecular complexity index is 1280. The van der Waals surface area contributed by atoms with Gasteiger partial charge in [-0.25, -0.2) is 22.0 Å². The van der Waals surface area contributed by atoms with Crippen molar-refractivity contribution >= 4 is 0 Å². The lowest BCUT2D eigenvalue weighted by atomic mass is 9.88. The highest BCUT2D eigenvalue weighted by Crippen LogP contribution is 2.36. The summed E-state index contributed by atoms with van der Waals surface area (Å²) >= 11 is 0. The van der Waals surface area contributed by atoms with Gasteiger partial charge in [-0.3, -0.25) is 0 Å². The molecule has 3 aromatic rings. The maximum atomic E-state index is 15.1. The summed E-state index contributed by atoms with van der Waals surface area (Å²) in [6, 6.07) is 10.3. The van der Waals surface area contributed by atoms with E-state index in [1.165, 1.54) is 30.3 Å². The van der Waals surface area contributed by atoms with Gasteiger partial charge >= 0.3 is 0 Å². The second-order valence-corrected chi connectivity index (χ2v) is 10.0. The third kappa shape index (κ3) is 6.17. The van der Waals surface area contributed by atoms with Crippen LogP contribution in [0, 0.1) is 29.1 Å². The highest BCUT2D eigenvalue weighted by Gasteiger charge is 2.28. The first-order valence-corrected chi connectivity index (χ1v) is 13.3. The lowest BCUT2D eigenvalue weighted by Gasteiger charge is -2.29. The summed E-state index contributed by atoms with van der Waals surface area (Å²) in [6.45, 7) is 5.95. The predicted octanol–water partition coefficient (Wildman–Crippen LogP) is 9.02. The van der Waals surface area contributed by atoms with Crippen LogP contribution in [0.25, 0.3) is 11.1 Å². The molecule has 3 aromatic carbocycles. The molecular weight excluding hydrogens is 495 g/mol. The smallest absolute Gasteiger partial charge is 0.167 e. The SMILES string of the molecule is C=CCCC1CCC(c2ccc(-c3ccc(CCc4ccc(CCC)c(F)c4)c(F)c3F)c(F)c2F)CO1. The molecule has 2 atom stereocenters. The molecule has 0 amide bonds. The fourth-order valence-corrected chi connectivity index (χ4v) is 5.16. The summed E-state index contributed by atoms with van der Waals surface area (Å²) in [5.74, 6) is -5.21. The van der Waals surface area contributed by atoms with Gasteiger partial charge in [0.15, 0.2) is 23.3 Å². The second-order valence-electron chi connectivity index (χ2n) is 10.0. The Labute approximate surface area is 221 Å². The molecule has 1 heterocycles. The zero-order chi connectivity index (χ0) is 27.2. The van der Waals surface area contributed by atoms with Crippen LogP contribution in [-0.2, 0) is 24.0 Å². The fourth-order valence-electron chi connectivity index (χ4n) is 5.16. The summed E-state index contributed by atoms with van der Waals surface area (Å²) in [5.41, 5.74) is 0.905. The van der Waals surface area contributed by atoms with Gasteiger partial charge in [0.05, 0.1) is 12.7 Å². The molecule has 2 unspecified atom stereocenters. The number of ether oxygens (including phenoxy) is 1. The van der Waals surface area contributed by atoms with Gasteiger partial charge in [0.25, 0.3) is 0 Å². The van der Waals surface area contributed by atoms with E-state index in [0.29, 0.717) is 30.4 Å². The fraction of sp³-hybridized carbons (Fsp3) is 0.375. The summed E-state index contributed by atoms with van der Waals surface area (Å²) < 4.78 is 80.2. The first-order chi connectivity index (χ1) is 18.3. The van der Waals surface area contributed by atoms with Crippen LogP contribution >= 0.6 is 0 Å². The number of halogens is 5.